The summed E-state index contributed by atoms with van der Waals surface area (Å²) >= 11 is 3.29. The molecular weight excluding hydrogens is 386 g/mol. The van der Waals surface area contributed by atoms with Crippen molar-refractivity contribution in [3.8, 4) is 17.0 Å². The molecule has 2 aromatic carbocycles. The molecule has 2 heterocycles. The maximum absolute atomic E-state index is 5.23. The van der Waals surface area contributed by atoms with E-state index in [0.29, 0.717) is 0 Å². The number of aryl methyl sites for hydroxylation is 1. The molecule has 140 valence electrons. The third-order valence-corrected chi connectivity index (χ3v) is 5.87. The second-order valence-electron chi connectivity index (χ2n) is 6.08. The lowest BCUT2D eigenvalue weighted by atomic mass is 10.2. The molecule has 0 fully saturated rings. The Labute approximate surface area is 171 Å². The van der Waals surface area contributed by atoms with E-state index in [4.69, 9.17) is 14.8 Å². The lowest BCUT2D eigenvalue weighted by Gasteiger charge is -2.03. The highest BCUT2D eigenvalue weighted by Gasteiger charge is 2.07. The second kappa shape index (κ2) is 8.37. The maximum atomic E-state index is 5.23. The van der Waals surface area contributed by atoms with Gasteiger partial charge in [-0.2, -0.15) is 5.10 Å². The lowest BCUT2D eigenvalue weighted by Crippen LogP contribution is -2.11. The summed E-state index contributed by atoms with van der Waals surface area (Å²) in [6.07, 6.45) is 1.89. The first-order valence-corrected chi connectivity index (χ1v) is 10.5. The number of benzene rings is 2. The summed E-state index contributed by atoms with van der Waals surface area (Å²) in [5.41, 5.74) is 2.98. The van der Waals surface area contributed by atoms with Crippen LogP contribution < -0.4 is 9.54 Å². The molecule has 0 spiro atoms. The van der Waals surface area contributed by atoms with E-state index in [9.17, 15) is 0 Å². The number of ether oxygens (including phenoxy) is 1. The summed E-state index contributed by atoms with van der Waals surface area (Å²) in [6, 6.07) is 22.1. The summed E-state index contributed by atoms with van der Waals surface area (Å²) in [6.45, 7) is 2.10. The van der Waals surface area contributed by atoms with Gasteiger partial charge in [-0.1, -0.05) is 30.3 Å². The van der Waals surface area contributed by atoms with Crippen molar-refractivity contribution >= 4 is 34.6 Å². The van der Waals surface area contributed by atoms with Crippen molar-refractivity contribution in [2.24, 2.45) is 10.1 Å². The van der Waals surface area contributed by atoms with E-state index in [0.717, 1.165) is 32.4 Å². The molecule has 2 aromatic heterocycles. The average Bonchev–Trinajstić information content (AvgIpc) is 3.33. The van der Waals surface area contributed by atoms with Crippen molar-refractivity contribution < 1.29 is 4.74 Å². The standard InChI is InChI=1S/C22H19N3OS2/c1-16-8-13-20(28-16)14-23-25-21(17-6-4-3-5-7-17)15-27-22(25)24-18-9-11-19(26-2)12-10-18/h3-15H,1-2H3/b23-14+,24-22?. The molecule has 4 aromatic rings. The Hall–Kier alpha value is -2.96. The summed E-state index contributed by atoms with van der Waals surface area (Å²) in [4.78, 5) is 7.99. The van der Waals surface area contributed by atoms with Gasteiger partial charge in [0.15, 0.2) is 0 Å². The highest BCUT2D eigenvalue weighted by Crippen LogP contribution is 2.22. The number of methoxy groups -OCH3 is 1. The van der Waals surface area contributed by atoms with Crippen LogP contribution in [-0.2, 0) is 0 Å². The number of aromatic nitrogens is 1. The van der Waals surface area contributed by atoms with E-state index in [1.54, 1.807) is 29.8 Å². The summed E-state index contributed by atoms with van der Waals surface area (Å²) in [5.74, 6) is 0.814. The van der Waals surface area contributed by atoms with Gasteiger partial charge in [0.05, 0.1) is 24.7 Å². The van der Waals surface area contributed by atoms with Gasteiger partial charge in [-0.05, 0) is 43.3 Å². The Kier molecular flexibility index (Phi) is 5.50. The molecule has 0 N–H and O–H groups in total. The molecule has 0 saturated heterocycles. The topological polar surface area (TPSA) is 38.9 Å². The van der Waals surface area contributed by atoms with Gasteiger partial charge >= 0.3 is 0 Å². The maximum Gasteiger partial charge on any atom is 0.211 e. The Morgan fingerprint density at radius 1 is 0.964 bits per heavy atom. The molecule has 0 aliphatic carbocycles. The highest BCUT2D eigenvalue weighted by molar-refractivity contribution is 7.13. The van der Waals surface area contributed by atoms with Gasteiger partial charge in [0.1, 0.15) is 5.75 Å². The van der Waals surface area contributed by atoms with E-state index < -0.39 is 0 Å². The van der Waals surface area contributed by atoms with Crippen molar-refractivity contribution in [3.63, 3.8) is 0 Å². The van der Waals surface area contributed by atoms with Crippen LogP contribution in [0.15, 0.2) is 82.2 Å². The number of hydrogen-bond acceptors (Lipinski definition) is 5. The van der Waals surface area contributed by atoms with Crippen molar-refractivity contribution in [3.05, 3.63) is 86.7 Å². The number of nitrogens with zero attached hydrogens (tertiary/aromatic N) is 3. The molecule has 6 heteroatoms. The normalized spacial score (nSPS) is 12.0. The first-order chi connectivity index (χ1) is 13.7. The predicted molar refractivity (Wildman–Crippen MR) is 118 cm³/mol. The average molecular weight is 406 g/mol. The van der Waals surface area contributed by atoms with Gasteiger partial charge in [0, 0.05) is 20.7 Å². The highest BCUT2D eigenvalue weighted by atomic mass is 32.1. The first kappa shape index (κ1) is 18.4. The van der Waals surface area contributed by atoms with Crippen LogP contribution in [0, 0.1) is 6.92 Å². The molecule has 0 radical (unpaired) electrons. The summed E-state index contributed by atoms with van der Waals surface area (Å²) in [7, 11) is 1.66. The monoisotopic (exact) mass is 405 g/mol. The van der Waals surface area contributed by atoms with Crippen LogP contribution in [0.1, 0.15) is 9.75 Å². The third-order valence-electron chi connectivity index (χ3n) is 4.11. The van der Waals surface area contributed by atoms with Crippen LogP contribution in [0.2, 0.25) is 0 Å². The molecule has 0 atom stereocenters. The fourth-order valence-electron chi connectivity index (χ4n) is 2.70. The quantitative estimate of drug-likeness (QED) is 0.392. The Bertz CT molecular complexity index is 1150. The van der Waals surface area contributed by atoms with E-state index in [2.05, 4.69) is 36.6 Å². The molecule has 0 aliphatic rings. The number of hydrogen-bond donors (Lipinski definition) is 0. The van der Waals surface area contributed by atoms with Crippen LogP contribution in [0.5, 0.6) is 5.75 Å². The molecule has 0 saturated carbocycles. The van der Waals surface area contributed by atoms with Gasteiger partial charge in [-0.3, -0.25) is 0 Å². The minimum Gasteiger partial charge on any atom is -0.497 e. The predicted octanol–water partition coefficient (Wildman–Crippen LogP) is 5.71. The fourth-order valence-corrected chi connectivity index (χ4v) is 4.30. The first-order valence-electron chi connectivity index (χ1n) is 8.78. The number of thiophene rings is 1. The number of thiazole rings is 1. The molecular formula is C22H19N3OS2. The van der Waals surface area contributed by atoms with Gasteiger partial charge < -0.3 is 4.74 Å². The minimum absolute atomic E-state index is 0.813. The lowest BCUT2D eigenvalue weighted by molar-refractivity contribution is 0.415. The largest absolute Gasteiger partial charge is 0.497 e. The van der Waals surface area contributed by atoms with Crippen molar-refractivity contribution in [2.45, 2.75) is 6.92 Å². The van der Waals surface area contributed by atoms with Gasteiger partial charge in [-0.25, -0.2) is 9.67 Å². The van der Waals surface area contributed by atoms with E-state index in [-0.39, 0.29) is 0 Å². The Morgan fingerprint density at radius 3 is 2.43 bits per heavy atom. The van der Waals surface area contributed by atoms with E-state index in [1.165, 1.54) is 4.88 Å². The van der Waals surface area contributed by atoms with Crippen LogP contribution in [0.4, 0.5) is 5.69 Å². The van der Waals surface area contributed by atoms with Crippen LogP contribution in [-0.4, -0.2) is 18.0 Å². The second-order valence-corrected chi connectivity index (χ2v) is 8.24. The number of rotatable bonds is 5. The van der Waals surface area contributed by atoms with E-state index >= 15 is 0 Å². The Balaban J connectivity index is 1.80. The SMILES string of the molecule is COc1ccc(N=c2scc(-c3ccccc3)n2/N=C/c2ccc(C)s2)cc1. The fraction of sp³-hybridized carbons (Fsp3) is 0.0909. The molecule has 0 unspecified atom stereocenters. The molecule has 0 bridgehead atoms. The Morgan fingerprint density at radius 2 is 1.75 bits per heavy atom. The molecule has 0 aliphatic heterocycles. The summed E-state index contributed by atoms with van der Waals surface area (Å²) in [5, 5.41) is 6.84. The van der Waals surface area contributed by atoms with Crippen LogP contribution in [0.25, 0.3) is 11.3 Å². The molecule has 4 rings (SSSR count). The zero-order chi connectivity index (χ0) is 19.3. The smallest absolute Gasteiger partial charge is 0.211 e. The third kappa shape index (κ3) is 4.13. The van der Waals surface area contributed by atoms with Gasteiger partial charge in [0.25, 0.3) is 0 Å². The molecule has 0 amide bonds. The summed E-state index contributed by atoms with van der Waals surface area (Å²) < 4.78 is 7.13. The molecule has 4 nitrogen and oxygen atoms in total. The van der Waals surface area contributed by atoms with E-state index in [1.807, 2.05) is 53.4 Å². The van der Waals surface area contributed by atoms with Crippen LogP contribution in [0.3, 0.4) is 0 Å². The van der Waals surface area contributed by atoms with Crippen molar-refractivity contribution in [1.29, 1.82) is 0 Å². The zero-order valence-corrected chi connectivity index (χ0v) is 17.2. The minimum atomic E-state index is 0.813. The van der Waals surface area contributed by atoms with Crippen LogP contribution >= 0.6 is 22.7 Å². The molecule has 28 heavy (non-hydrogen) atoms. The van der Waals surface area contributed by atoms with Crippen molar-refractivity contribution in [1.82, 2.24) is 4.68 Å². The zero-order valence-electron chi connectivity index (χ0n) is 15.6. The van der Waals surface area contributed by atoms with Crippen molar-refractivity contribution in [2.75, 3.05) is 7.11 Å². The van der Waals surface area contributed by atoms with Gasteiger partial charge in [-0.15, -0.1) is 22.7 Å². The van der Waals surface area contributed by atoms with Gasteiger partial charge in [0.2, 0.25) is 4.80 Å².